The molecule has 0 saturated carbocycles. The number of benzene rings is 1. The van der Waals surface area contributed by atoms with Gasteiger partial charge in [-0.3, -0.25) is 19.8 Å². The second kappa shape index (κ2) is 5.92. The summed E-state index contributed by atoms with van der Waals surface area (Å²) in [7, 11) is 0. The first kappa shape index (κ1) is 14.8. The molecule has 1 aliphatic heterocycles. The lowest BCUT2D eigenvalue weighted by Gasteiger charge is -2.26. The van der Waals surface area contributed by atoms with Crippen LogP contribution in [0.5, 0.6) is 0 Å². The molecule has 0 spiro atoms. The number of carbonyl (C=O) groups excluding carboxylic acids is 3. The van der Waals surface area contributed by atoms with Crippen molar-refractivity contribution in [2.75, 3.05) is 0 Å². The average Bonchev–Trinajstić information content (AvgIpc) is 2.94. The molecule has 0 aliphatic carbocycles. The summed E-state index contributed by atoms with van der Waals surface area (Å²) in [4.78, 5) is 37.4. The van der Waals surface area contributed by atoms with Crippen molar-refractivity contribution in [1.29, 1.82) is 0 Å². The minimum absolute atomic E-state index is 0.0906. The number of nitrogens with zero attached hydrogens (tertiary/aromatic N) is 1. The zero-order chi connectivity index (χ0) is 16.4. The molecular weight excluding hydrogens is 296 g/mol. The topological polar surface area (TPSA) is 79.6 Å². The SMILES string of the molecule is Cc1ccc(/C=C2/C(=O)NC(=O)N(Cc3ccccc3)C2=O)o1. The first-order valence-corrected chi connectivity index (χ1v) is 7.04. The van der Waals surface area contributed by atoms with Crippen LogP contribution in [-0.4, -0.2) is 22.7 Å². The highest BCUT2D eigenvalue weighted by Gasteiger charge is 2.35. The molecule has 116 valence electrons. The predicted molar refractivity (Wildman–Crippen MR) is 82.0 cm³/mol. The molecule has 1 aliphatic rings. The Labute approximate surface area is 132 Å². The molecule has 2 heterocycles. The number of furan rings is 1. The van der Waals surface area contributed by atoms with Gasteiger partial charge in [0.15, 0.2) is 0 Å². The predicted octanol–water partition coefficient (Wildman–Crippen LogP) is 2.25. The monoisotopic (exact) mass is 310 g/mol. The van der Waals surface area contributed by atoms with E-state index in [9.17, 15) is 14.4 Å². The number of amides is 4. The van der Waals surface area contributed by atoms with E-state index < -0.39 is 17.8 Å². The maximum atomic E-state index is 12.5. The van der Waals surface area contributed by atoms with Crippen LogP contribution in [0.25, 0.3) is 6.08 Å². The van der Waals surface area contributed by atoms with Gasteiger partial charge >= 0.3 is 6.03 Å². The van der Waals surface area contributed by atoms with E-state index >= 15 is 0 Å². The summed E-state index contributed by atoms with van der Waals surface area (Å²) in [5.74, 6) is -0.317. The average molecular weight is 310 g/mol. The number of rotatable bonds is 3. The number of barbiturate groups is 1. The van der Waals surface area contributed by atoms with E-state index in [4.69, 9.17) is 4.42 Å². The van der Waals surface area contributed by atoms with Gasteiger partial charge < -0.3 is 4.42 Å². The van der Waals surface area contributed by atoms with Gasteiger partial charge in [-0.25, -0.2) is 4.79 Å². The molecule has 4 amide bonds. The largest absolute Gasteiger partial charge is 0.462 e. The summed E-state index contributed by atoms with van der Waals surface area (Å²) < 4.78 is 5.35. The third-order valence-corrected chi connectivity index (χ3v) is 3.42. The van der Waals surface area contributed by atoms with E-state index in [-0.39, 0.29) is 12.1 Å². The second-order valence-electron chi connectivity index (χ2n) is 5.14. The maximum absolute atomic E-state index is 12.5. The minimum Gasteiger partial charge on any atom is -0.462 e. The van der Waals surface area contributed by atoms with Crippen molar-refractivity contribution in [3.8, 4) is 0 Å². The van der Waals surface area contributed by atoms with E-state index in [2.05, 4.69) is 5.32 Å². The summed E-state index contributed by atoms with van der Waals surface area (Å²) >= 11 is 0. The highest BCUT2D eigenvalue weighted by atomic mass is 16.3. The van der Waals surface area contributed by atoms with Gasteiger partial charge in [-0.1, -0.05) is 30.3 Å². The van der Waals surface area contributed by atoms with Gasteiger partial charge in [0.1, 0.15) is 17.1 Å². The smallest absolute Gasteiger partial charge is 0.331 e. The fourth-order valence-electron chi connectivity index (χ4n) is 2.28. The number of hydrogen-bond donors (Lipinski definition) is 1. The number of hydrogen-bond acceptors (Lipinski definition) is 4. The van der Waals surface area contributed by atoms with Crippen molar-refractivity contribution >= 4 is 23.9 Å². The van der Waals surface area contributed by atoms with Gasteiger partial charge in [-0.2, -0.15) is 0 Å². The highest BCUT2D eigenvalue weighted by Crippen LogP contribution is 2.18. The zero-order valence-electron chi connectivity index (χ0n) is 12.4. The van der Waals surface area contributed by atoms with Gasteiger partial charge in [0.2, 0.25) is 0 Å². The van der Waals surface area contributed by atoms with E-state index in [0.29, 0.717) is 11.5 Å². The quantitative estimate of drug-likeness (QED) is 0.696. The van der Waals surface area contributed by atoms with Gasteiger partial charge in [0.25, 0.3) is 11.8 Å². The number of nitrogens with one attached hydrogen (secondary N) is 1. The molecule has 0 bridgehead atoms. The molecule has 1 aromatic heterocycles. The van der Waals surface area contributed by atoms with Crippen LogP contribution in [0.3, 0.4) is 0 Å². The fraction of sp³-hybridized carbons (Fsp3) is 0.118. The lowest BCUT2D eigenvalue weighted by atomic mass is 10.1. The standard InChI is InChI=1S/C17H14N2O4/c1-11-7-8-13(23-11)9-14-15(20)18-17(22)19(16(14)21)10-12-5-3-2-4-6-12/h2-9H,10H2,1H3,(H,18,20,22)/b14-9-. The molecule has 0 atom stereocenters. The van der Waals surface area contributed by atoms with Crippen molar-refractivity contribution in [3.63, 3.8) is 0 Å². The zero-order valence-corrected chi connectivity index (χ0v) is 12.4. The van der Waals surface area contributed by atoms with Crippen molar-refractivity contribution in [1.82, 2.24) is 10.2 Å². The lowest BCUT2D eigenvalue weighted by Crippen LogP contribution is -2.53. The van der Waals surface area contributed by atoms with E-state index in [1.807, 2.05) is 18.2 Å². The molecule has 0 unspecified atom stereocenters. The van der Waals surface area contributed by atoms with Crippen LogP contribution in [0.2, 0.25) is 0 Å². The summed E-state index contributed by atoms with van der Waals surface area (Å²) in [6, 6.07) is 11.7. The van der Waals surface area contributed by atoms with E-state index in [0.717, 1.165) is 10.5 Å². The first-order chi connectivity index (χ1) is 11.0. The Morgan fingerprint density at radius 2 is 1.83 bits per heavy atom. The molecule has 1 saturated heterocycles. The minimum atomic E-state index is -0.725. The molecule has 6 nitrogen and oxygen atoms in total. The Morgan fingerprint density at radius 3 is 2.48 bits per heavy atom. The fourth-order valence-corrected chi connectivity index (χ4v) is 2.28. The molecule has 1 aromatic carbocycles. The number of carbonyl (C=O) groups is 3. The third kappa shape index (κ3) is 3.06. The van der Waals surface area contributed by atoms with E-state index in [1.54, 1.807) is 31.2 Å². The first-order valence-electron chi connectivity index (χ1n) is 7.04. The molecule has 6 heteroatoms. The Hall–Kier alpha value is -3.15. The van der Waals surface area contributed by atoms with Crippen LogP contribution in [0.15, 0.2) is 52.5 Å². The van der Waals surface area contributed by atoms with Crippen molar-refractivity contribution in [2.24, 2.45) is 0 Å². The molecular formula is C17H14N2O4. The van der Waals surface area contributed by atoms with Gasteiger partial charge in [0.05, 0.1) is 6.54 Å². The van der Waals surface area contributed by atoms with E-state index in [1.165, 1.54) is 6.08 Å². The Morgan fingerprint density at radius 1 is 1.09 bits per heavy atom. The Balaban J connectivity index is 1.89. The van der Waals surface area contributed by atoms with Crippen LogP contribution in [0.1, 0.15) is 17.1 Å². The third-order valence-electron chi connectivity index (χ3n) is 3.42. The maximum Gasteiger partial charge on any atom is 0.331 e. The van der Waals surface area contributed by atoms with Crippen molar-refractivity contribution < 1.29 is 18.8 Å². The molecule has 3 rings (SSSR count). The molecule has 23 heavy (non-hydrogen) atoms. The summed E-state index contributed by atoms with van der Waals surface area (Å²) in [6.07, 6.45) is 1.34. The summed E-state index contributed by atoms with van der Waals surface area (Å²) in [5, 5.41) is 2.17. The van der Waals surface area contributed by atoms with Gasteiger partial charge in [-0.05, 0) is 30.7 Å². The molecule has 1 N–H and O–H groups in total. The van der Waals surface area contributed by atoms with Gasteiger partial charge in [-0.15, -0.1) is 0 Å². The summed E-state index contributed by atoms with van der Waals surface area (Å²) in [5.41, 5.74) is 0.661. The Bertz CT molecular complexity index is 805. The van der Waals surface area contributed by atoms with Crippen LogP contribution >= 0.6 is 0 Å². The number of urea groups is 1. The van der Waals surface area contributed by atoms with Crippen molar-refractivity contribution in [2.45, 2.75) is 13.5 Å². The van der Waals surface area contributed by atoms with Crippen LogP contribution < -0.4 is 5.32 Å². The normalized spacial score (nSPS) is 16.8. The molecule has 1 fully saturated rings. The number of imide groups is 2. The Kier molecular flexibility index (Phi) is 3.80. The molecule has 0 radical (unpaired) electrons. The van der Waals surface area contributed by atoms with Gasteiger partial charge in [0, 0.05) is 0 Å². The van der Waals surface area contributed by atoms with Crippen LogP contribution in [0.4, 0.5) is 4.79 Å². The van der Waals surface area contributed by atoms with Crippen molar-refractivity contribution in [3.05, 3.63) is 65.1 Å². The number of aryl methyl sites for hydroxylation is 1. The van der Waals surface area contributed by atoms with Crippen LogP contribution in [-0.2, 0) is 16.1 Å². The second-order valence-corrected chi connectivity index (χ2v) is 5.14. The summed E-state index contributed by atoms with van der Waals surface area (Å²) in [6.45, 7) is 1.85. The van der Waals surface area contributed by atoms with Crippen LogP contribution in [0, 0.1) is 6.92 Å². The highest BCUT2D eigenvalue weighted by molar-refractivity contribution is 6.30. The molecule has 2 aromatic rings. The lowest BCUT2D eigenvalue weighted by molar-refractivity contribution is -0.130.